The monoisotopic (exact) mass is 255 g/mol. The Hall–Kier alpha value is -0.0800. The van der Waals surface area contributed by atoms with Crippen LogP contribution in [0.2, 0.25) is 0 Å². The Morgan fingerprint density at radius 1 is 1.17 bits per heavy atom. The van der Waals surface area contributed by atoms with Crippen LogP contribution in [-0.2, 0) is 4.74 Å². The Morgan fingerprint density at radius 3 is 2.50 bits per heavy atom. The van der Waals surface area contributed by atoms with Gasteiger partial charge >= 0.3 is 0 Å². The molecule has 0 heterocycles. The molecule has 2 heteroatoms. The van der Waals surface area contributed by atoms with Crippen LogP contribution in [0.5, 0.6) is 0 Å². The van der Waals surface area contributed by atoms with Crippen molar-refractivity contribution in [2.45, 2.75) is 84.3 Å². The van der Waals surface area contributed by atoms with Crippen LogP contribution in [0.25, 0.3) is 0 Å². The molecular formula is C16H33NO. The summed E-state index contributed by atoms with van der Waals surface area (Å²) in [6, 6.07) is 0.564. The van der Waals surface area contributed by atoms with Gasteiger partial charge in [0.25, 0.3) is 0 Å². The summed E-state index contributed by atoms with van der Waals surface area (Å²) in [5.74, 6) is 0.990. The maximum atomic E-state index is 5.78. The van der Waals surface area contributed by atoms with Crippen LogP contribution in [0.3, 0.4) is 0 Å². The van der Waals surface area contributed by atoms with Crippen molar-refractivity contribution in [3.8, 4) is 0 Å². The van der Waals surface area contributed by atoms with Gasteiger partial charge in [0.05, 0.1) is 12.7 Å². The van der Waals surface area contributed by atoms with E-state index in [1.54, 1.807) is 0 Å². The molecule has 0 spiro atoms. The molecule has 18 heavy (non-hydrogen) atoms. The van der Waals surface area contributed by atoms with Gasteiger partial charge in [0.1, 0.15) is 0 Å². The highest BCUT2D eigenvalue weighted by Crippen LogP contribution is 2.27. The highest BCUT2D eigenvalue weighted by atomic mass is 16.5. The lowest BCUT2D eigenvalue weighted by Gasteiger charge is -2.25. The molecule has 1 atom stereocenters. The second kappa shape index (κ2) is 9.80. The van der Waals surface area contributed by atoms with E-state index in [0.29, 0.717) is 12.1 Å². The maximum absolute atomic E-state index is 5.78. The van der Waals surface area contributed by atoms with Gasteiger partial charge in [0, 0.05) is 6.04 Å². The molecule has 0 amide bonds. The Balaban J connectivity index is 2.20. The Morgan fingerprint density at radius 2 is 1.89 bits per heavy atom. The summed E-state index contributed by atoms with van der Waals surface area (Å²) in [6.45, 7) is 8.48. The van der Waals surface area contributed by atoms with Crippen LogP contribution < -0.4 is 5.32 Å². The Labute approximate surface area is 114 Å². The molecule has 1 saturated carbocycles. The zero-order valence-electron chi connectivity index (χ0n) is 12.7. The van der Waals surface area contributed by atoms with E-state index < -0.39 is 0 Å². The fourth-order valence-electron chi connectivity index (χ4n) is 2.81. The molecule has 1 rings (SSSR count). The Kier molecular flexibility index (Phi) is 8.70. The number of nitrogens with one attached hydrogen (secondary N) is 1. The fraction of sp³-hybridized carbons (Fsp3) is 1.00. The van der Waals surface area contributed by atoms with Crippen molar-refractivity contribution in [1.29, 1.82) is 0 Å². The van der Waals surface area contributed by atoms with E-state index in [9.17, 15) is 0 Å². The highest BCUT2D eigenvalue weighted by molar-refractivity contribution is 4.72. The summed E-state index contributed by atoms with van der Waals surface area (Å²) in [7, 11) is 0. The van der Waals surface area contributed by atoms with Gasteiger partial charge in [0.15, 0.2) is 0 Å². The minimum atomic E-state index is 0.352. The summed E-state index contributed by atoms with van der Waals surface area (Å²) in [5, 5.41) is 3.64. The first kappa shape index (κ1) is 16.0. The van der Waals surface area contributed by atoms with Crippen molar-refractivity contribution in [2.24, 2.45) is 5.92 Å². The third kappa shape index (κ3) is 7.38. The van der Waals surface area contributed by atoms with E-state index in [2.05, 4.69) is 26.1 Å². The molecule has 1 aliphatic rings. The van der Waals surface area contributed by atoms with Crippen LogP contribution in [0.1, 0.15) is 72.1 Å². The van der Waals surface area contributed by atoms with Crippen LogP contribution in [0.15, 0.2) is 0 Å². The van der Waals surface area contributed by atoms with Gasteiger partial charge in [-0.25, -0.2) is 0 Å². The molecule has 0 radical (unpaired) electrons. The second-order valence-electron chi connectivity index (χ2n) is 6.11. The van der Waals surface area contributed by atoms with Crippen molar-refractivity contribution in [1.82, 2.24) is 5.32 Å². The first-order valence-electron chi connectivity index (χ1n) is 8.07. The van der Waals surface area contributed by atoms with Crippen molar-refractivity contribution < 1.29 is 4.74 Å². The molecule has 0 bridgehead atoms. The van der Waals surface area contributed by atoms with E-state index in [1.165, 1.54) is 51.4 Å². The molecule has 2 nitrogen and oxygen atoms in total. The van der Waals surface area contributed by atoms with Crippen molar-refractivity contribution in [2.75, 3.05) is 13.2 Å². The fourth-order valence-corrected chi connectivity index (χ4v) is 2.81. The molecular weight excluding hydrogens is 222 g/mol. The first-order valence-corrected chi connectivity index (χ1v) is 8.07. The second-order valence-corrected chi connectivity index (χ2v) is 6.11. The molecule has 0 aromatic heterocycles. The summed E-state index contributed by atoms with van der Waals surface area (Å²) in [4.78, 5) is 0. The number of rotatable bonds is 9. The number of hydrogen-bond acceptors (Lipinski definition) is 2. The molecule has 0 aromatic carbocycles. The predicted molar refractivity (Wildman–Crippen MR) is 79.0 cm³/mol. The van der Waals surface area contributed by atoms with Crippen molar-refractivity contribution in [3.05, 3.63) is 0 Å². The molecule has 0 aliphatic heterocycles. The molecule has 0 aromatic rings. The molecule has 1 N–H and O–H groups in total. The molecule has 1 aliphatic carbocycles. The lowest BCUT2D eigenvalue weighted by molar-refractivity contribution is 0.0578. The van der Waals surface area contributed by atoms with Crippen molar-refractivity contribution >= 4 is 0 Å². The van der Waals surface area contributed by atoms with Crippen molar-refractivity contribution in [3.63, 3.8) is 0 Å². The molecule has 108 valence electrons. The van der Waals surface area contributed by atoms with E-state index in [0.717, 1.165) is 19.1 Å². The number of ether oxygens (including phenoxy) is 1. The summed E-state index contributed by atoms with van der Waals surface area (Å²) in [5.41, 5.74) is 0. The van der Waals surface area contributed by atoms with Gasteiger partial charge in [-0.2, -0.15) is 0 Å². The first-order chi connectivity index (χ1) is 8.72. The van der Waals surface area contributed by atoms with Crippen LogP contribution >= 0.6 is 0 Å². The van der Waals surface area contributed by atoms with Crippen LogP contribution in [0.4, 0.5) is 0 Å². The molecule has 0 saturated heterocycles. The average Bonchev–Trinajstić information content (AvgIpc) is 2.39. The topological polar surface area (TPSA) is 21.3 Å². The smallest absolute Gasteiger partial charge is 0.0623 e. The van der Waals surface area contributed by atoms with Gasteiger partial charge in [-0.15, -0.1) is 0 Å². The van der Waals surface area contributed by atoms with Gasteiger partial charge in [-0.05, 0) is 45.6 Å². The standard InChI is InChI=1S/C16H33NO/c1-4-12-17-16(13-18-14(2)3)11-10-15-8-6-5-7-9-15/h14-17H,4-13H2,1-3H3. The minimum Gasteiger partial charge on any atom is -0.377 e. The van der Waals surface area contributed by atoms with Gasteiger partial charge in [-0.3, -0.25) is 0 Å². The van der Waals surface area contributed by atoms with Gasteiger partial charge in [-0.1, -0.05) is 39.0 Å². The minimum absolute atomic E-state index is 0.352. The number of hydrogen-bond donors (Lipinski definition) is 1. The van der Waals surface area contributed by atoms with E-state index in [4.69, 9.17) is 4.74 Å². The normalized spacial score (nSPS) is 19.3. The van der Waals surface area contributed by atoms with Gasteiger partial charge < -0.3 is 10.1 Å². The maximum Gasteiger partial charge on any atom is 0.0623 e. The summed E-state index contributed by atoms with van der Waals surface area (Å²) >= 11 is 0. The lowest BCUT2D eigenvalue weighted by atomic mass is 9.85. The van der Waals surface area contributed by atoms with Crippen LogP contribution in [0, 0.1) is 5.92 Å². The third-order valence-corrected chi connectivity index (χ3v) is 3.96. The van der Waals surface area contributed by atoms with E-state index in [1.807, 2.05) is 0 Å². The SMILES string of the molecule is CCCNC(CCC1CCCCC1)COC(C)C. The molecule has 1 unspecified atom stereocenters. The van der Waals surface area contributed by atoms with Gasteiger partial charge in [0.2, 0.25) is 0 Å². The largest absolute Gasteiger partial charge is 0.377 e. The zero-order valence-corrected chi connectivity index (χ0v) is 12.7. The predicted octanol–water partition coefficient (Wildman–Crippen LogP) is 4.14. The average molecular weight is 255 g/mol. The highest BCUT2D eigenvalue weighted by Gasteiger charge is 2.16. The van der Waals surface area contributed by atoms with Crippen LogP contribution in [-0.4, -0.2) is 25.3 Å². The lowest BCUT2D eigenvalue weighted by Crippen LogP contribution is -2.35. The molecule has 1 fully saturated rings. The van der Waals surface area contributed by atoms with E-state index >= 15 is 0 Å². The quantitative estimate of drug-likeness (QED) is 0.668. The Bertz CT molecular complexity index is 188. The summed E-state index contributed by atoms with van der Waals surface area (Å²) in [6.07, 6.45) is 11.6. The van der Waals surface area contributed by atoms with E-state index in [-0.39, 0.29) is 0 Å². The third-order valence-electron chi connectivity index (χ3n) is 3.96. The summed E-state index contributed by atoms with van der Waals surface area (Å²) < 4.78 is 5.78. The zero-order chi connectivity index (χ0) is 13.2.